The lowest BCUT2D eigenvalue weighted by molar-refractivity contribution is -0.870. The number of hydrogen-bond acceptors (Lipinski definition) is 6. The van der Waals surface area contributed by atoms with E-state index in [-0.39, 0.29) is 19.1 Å². The molecule has 0 spiro atoms. The first-order chi connectivity index (χ1) is 27.5. The standard InChI is InChI=1S/C48H99N2O6P/c1-6-8-10-12-13-14-15-16-17-18-19-20-21-22-23-24-25-26-27-28-29-30-31-32-33-34-35-36-37-38-39-41-47(51)46(49-48(52)42-40-11-9-7-2)45-56-57(53,54)55-44-43-50(3,4)5/h46-47,51H,6-45H2,1-5H3,(H-,49,52,53,54). The summed E-state index contributed by atoms with van der Waals surface area (Å²) in [6.07, 6.45) is 46.4. The van der Waals surface area contributed by atoms with Gasteiger partial charge in [0, 0.05) is 6.42 Å². The van der Waals surface area contributed by atoms with Crippen LogP contribution in [-0.4, -0.2) is 68.5 Å². The summed E-state index contributed by atoms with van der Waals surface area (Å²) in [5.74, 6) is -0.179. The number of phosphoric acid groups is 1. The topological polar surface area (TPSA) is 108 Å². The Balaban J connectivity index is 3.77. The normalized spacial score (nSPS) is 14.2. The van der Waals surface area contributed by atoms with E-state index >= 15 is 0 Å². The van der Waals surface area contributed by atoms with Gasteiger partial charge in [-0.3, -0.25) is 9.36 Å². The van der Waals surface area contributed by atoms with Gasteiger partial charge in [0.2, 0.25) is 5.91 Å². The number of phosphoric ester groups is 1. The maximum Gasteiger partial charge on any atom is 0.268 e. The molecule has 0 aromatic rings. The number of likely N-dealkylation sites (N-methyl/N-ethyl adjacent to an activating group) is 1. The molecule has 0 aliphatic rings. The Kier molecular flexibility index (Phi) is 40.5. The molecule has 0 bridgehead atoms. The van der Waals surface area contributed by atoms with Crippen molar-refractivity contribution in [3.05, 3.63) is 0 Å². The highest BCUT2D eigenvalue weighted by atomic mass is 31.2. The molecule has 0 saturated carbocycles. The molecule has 3 atom stereocenters. The highest BCUT2D eigenvalue weighted by Gasteiger charge is 2.24. The Morgan fingerprint density at radius 2 is 0.860 bits per heavy atom. The van der Waals surface area contributed by atoms with Crippen molar-refractivity contribution in [2.75, 3.05) is 40.9 Å². The monoisotopic (exact) mass is 831 g/mol. The highest BCUT2D eigenvalue weighted by molar-refractivity contribution is 7.45. The van der Waals surface area contributed by atoms with E-state index in [1.165, 1.54) is 180 Å². The molecule has 0 aromatic heterocycles. The SMILES string of the molecule is CCCCCCCCCCCCCCCCCCCCCCCCCCCCCCCCCC(O)C(COP(=O)([O-])OCC[N+](C)(C)C)NC(=O)CCCCCC. The van der Waals surface area contributed by atoms with Gasteiger partial charge < -0.3 is 28.8 Å². The van der Waals surface area contributed by atoms with Crippen molar-refractivity contribution in [2.24, 2.45) is 0 Å². The van der Waals surface area contributed by atoms with E-state index in [1.54, 1.807) is 0 Å². The Morgan fingerprint density at radius 1 is 0.544 bits per heavy atom. The van der Waals surface area contributed by atoms with Crippen molar-refractivity contribution >= 4 is 13.7 Å². The Hall–Kier alpha value is -0.500. The minimum Gasteiger partial charge on any atom is -0.756 e. The molecule has 0 aliphatic carbocycles. The number of carbonyl (C=O) groups excluding carboxylic acids is 1. The van der Waals surface area contributed by atoms with Gasteiger partial charge in [-0.05, 0) is 12.8 Å². The fourth-order valence-electron chi connectivity index (χ4n) is 7.63. The predicted molar refractivity (Wildman–Crippen MR) is 243 cm³/mol. The smallest absolute Gasteiger partial charge is 0.268 e. The summed E-state index contributed by atoms with van der Waals surface area (Å²) in [4.78, 5) is 24.9. The van der Waals surface area contributed by atoms with Crippen molar-refractivity contribution < 1.29 is 32.9 Å². The first kappa shape index (κ1) is 56.5. The maximum atomic E-state index is 12.6. The van der Waals surface area contributed by atoms with Crippen LogP contribution in [0.2, 0.25) is 0 Å². The molecule has 342 valence electrons. The number of aliphatic hydroxyl groups is 1. The number of carbonyl (C=O) groups is 1. The van der Waals surface area contributed by atoms with E-state index in [2.05, 4.69) is 19.2 Å². The number of hydrogen-bond donors (Lipinski definition) is 2. The lowest BCUT2D eigenvalue weighted by atomic mass is 10.0. The van der Waals surface area contributed by atoms with E-state index in [0.717, 1.165) is 44.9 Å². The van der Waals surface area contributed by atoms with E-state index in [1.807, 2.05) is 21.1 Å². The van der Waals surface area contributed by atoms with E-state index in [4.69, 9.17) is 9.05 Å². The van der Waals surface area contributed by atoms with Crippen LogP contribution in [0.1, 0.15) is 251 Å². The van der Waals surface area contributed by atoms with Crippen LogP contribution >= 0.6 is 7.82 Å². The molecular weight excluding hydrogens is 732 g/mol. The third-order valence-electron chi connectivity index (χ3n) is 11.6. The molecule has 9 heteroatoms. The average molecular weight is 831 g/mol. The van der Waals surface area contributed by atoms with E-state index < -0.39 is 20.0 Å². The predicted octanol–water partition coefficient (Wildman–Crippen LogP) is 13.5. The first-order valence-electron chi connectivity index (χ1n) is 24.9. The summed E-state index contributed by atoms with van der Waals surface area (Å²) >= 11 is 0. The number of rotatable bonds is 46. The molecule has 0 fully saturated rings. The zero-order valence-corrected chi connectivity index (χ0v) is 39.7. The largest absolute Gasteiger partial charge is 0.756 e. The molecule has 57 heavy (non-hydrogen) atoms. The molecule has 0 saturated heterocycles. The van der Waals surface area contributed by atoms with Crippen LogP contribution in [0.25, 0.3) is 0 Å². The second-order valence-corrected chi connectivity index (χ2v) is 19.9. The molecule has 2 N–H and O–H groups in total. The zero-order valence-electron chi connectivity index (χ0n) is 38.8. The van der Waals surface area contributed by atoms with Crippen LogP contribution in [0.15, 0.2) is 0 Å². The van der Waals surface area contributed by atoms with Crippen molar-refractivity contribution in [2.45, 2.75) is 264 Å². The van der Waals surface area contributed by atoms with Gasteiger partial charge in [-0.1, -0.05) is 232 Å². The summed E-state index contributed by atoms with van der Waals surface area (Å²) in [7, 11) is 1.31. The van der Waals surface area contributed by atoms with Gasteiger partial charge in [-0.15, -0.1) is 0 Å². The summed E-state index contributed by atoms with van der Waals surface area (Å²) < 4.78 is 23.1. The Morgan fingerprint density at radius 3 is 1.19 bits per heavy atom. The van der Waals surface area contributed by atoms with Crippen molar-refractivity contribution in [3.8, 4) is 0 Å². The molecule has 3 unspecified atom stereocenters. The zero-order chi connectivity index (χ0) is 42.1. The van der Waals surface area contributed by atoms with Crippen LogP contribution in [0.5, 0.6) is 0 Å². The van der Waals surface area contributed by atoms with Crippen LogP contribution in [0, 0.1) is 0 Å². The maximum absolute atomic E-state index is 12.6. The third kappa shape index (κ3) is 43.4. The molecule has 1 amide bonds. The first-order valence-corrected chi connectivity index (χ1v) is 26.3. The van der Waals surface area contributed by atoms with Crippen LogP contribution in [0.3, 0.4) is 0 Å². The second-order valence-electron chi connectivity index (χ2n) is 18.5. The number of unbranched alkanes of at least 4 members (excludes halogenated alkanes) is 33. The van der Waals surface area contributed by atoms with Gasteiger partial charge in [-0.25, -0.2) is 0 Å². The van der Waals surface area contributed by atoms with Gasteiger partial charge in [-0.2, -0.15) is 0 Å². The van der Waals surface area contributed by atoms with Crippen LogP contribution < -0.4 is 10.2 Å². The quantitative estimate of drug-likeness (QED) is 0.0359. The minimum absolute atomic E-state index is 0.0149. The lowest BCUT2D eigenvalue weighted by Gasteiger charge is -2.30. The molecule has 0 rings (SSSR count). The molecule has 8 nitrogen and oxygen atoms in total. The van der Waals surface area contributed by atoms with E-state index in [9.17, 15) is 19.4 Å². The molecule has 0 heterocycles. The van der Waals surface area contributed by atoms with Crippen molar-refractivity contribution in [1.29, 1.82) is 0 Å². The second kappa shape index (κ2) is 40.9. The van der Waals surface area contributed by atoms with Gasteiger partial charge in [0.05, 0.1) is 39.9 Å². The number of aliphatic hydroxyl groups excluding tert-OH is 1. The number of nitrogens with zero attached hydrogens (tertiary/aromatic N) is 1. The average Bonchev–Trinajstić information content (AvgIpc) is 3.16. The lowest BCUT2D eigenvalue weighted by Crippen LogP contribution is -2.46. The fraction of sp³-hybridized carbons (Fsp3) is 0.979. The Bertz CT molecular complexity index is 901. The summed E-state index contributed by atoms with van der Waals surface area (Å²) in [5, 5.41) is 13.8. The highest BCUT2D eigenvalue weighted by Crippen LogP contribution is 2.38. The van der Waals surface area contributed by atoms with Gasteiger partial charge in [0.1, 0.15) is 13.2 Å². The third-order valence-corrected chi connectivity index (χ3v) is 12.6. The number of amides is 1. The number of nitrogens with one attached hydrogen (secondary N) is 1. The van der Waals surface area contributed by atoms with Gasteiger partial charge >= 0.3 is 0 Å². The molecular formula is C48H99N2O6P. The minimum atomic E-state index is -4.54. The molecule has 0 aromatic carbocycles. The molecule has 0 aliphatic heterocycles. The van der Waals surface area contributed by atoms with Crippen molar-refractivity contribution in [3.63, 3.8) is 0 Å². The van der Waals surface area contributed by atoms with E-state index in [0.29, 0.717) is 23.9 Å². The number of quaternary nitrogens is 1. The van der Waals surface area contributed by atoms with Gasteiger partial charge in [0.25, 0.3) is 7.82 Å². The van der Waals surface area contributed by atoms with Crippen LogP contribution in [-0.2, 0) is 18.4 Å². The fourth-order valence-corrected chi connectivity index (χ4v) is 8.35. The summed E-state index contributed by atoms with van der Waals surface area (Å²) in [6.45, 7) is 4.62. The Labute approximate surface area is 355 Å². The summed E-state index contributed by atoms with van der Waals surface area (Å²) in [6, 6.07) is -0.790. The van der Waals surface area contributed by atoms with Crippen molar-refractivity contribution in [1.82, 2.24) is 5.32 Å². The molecule has 0 radical (unpaired) electrons. The summed E-state index contributed by atoms with van der Waals surface area (Å²) in [5.41, 5.74) is 0. The van der Waals surface area contributed by atoms with Gasteiger partial charge in [0.15, 0.2) is 0 Å². The van der Waals surface area contributed by atoms with Crippen LogP contribution in [0.4, 0.5) is 0 Å².